The molecule has 0 aliphatic heterocycles. The Morgan fingerprint density at radius 2 is 1.33 bits per heavy atom. The Labute approximate surface area is 85.0 Å². The van der Waals surface area contributed by atoms with Crippen LogP contribution in [0.25, 0.3) is 0 Å². The topological polar surface area (TPSA) is 17.1 Å². The molecule has 0 aromatic heterocycles. The summed E-state index contributed by atoms with van der Waals surface area (Å²) in [6.07, 6.45) is 10.9. The third-order valence-electron chi connectivity index (χ3n) is 0.872. The van der Waals surface area contributed by atoms with Gasteiger partial charge in [-0.05, 0) is 0 Å². The van der Waals surface area contributed by atoms with E-state index in [1.165, 1.54) is 0 Å². The monoisotopic (exact) mass is 208 g/mol. The molecule has 0 spiro atoms. The average Bonchev–Trinajstić information content (AvgIpc) is 2.41. The van der Waals surface area contributed by atoms with Crippen LogP contribution in [0.3, 0.4) is 0 Å². The molecule has 1 aliphatic carbocycles. The fourth-order valence-electron chi connectivity index (χ4n) is 0.321. The molecule has 0 heterocycles. The van der Waals surface area contributed by atoms with Crippen LogP contribution >= 0.6 is 0 Å². The van der Waals surface area contributed by atoms with Crippen molar-refractivity contribution in [3.05, 3.63) is 30.7 Å². The second-order valence-corrected chi connectivity index (χ2v) is 3.18. The van der Waals surface area contributed by atoms with Gasteiger partial charge in [-0.1, -0.05) is 24.3 Å². The minimum atomic E-state index is 0. The van der Waals surface area contributed by atoms with E-state index in [2.05, 4.69) is 0 Å². The van der Waals surface area contributed by atoms with E-state index in [4.69, 9.17) is 0 Å². The molecule has 2 radical (unpaired) electrons. The van der Waals surface area contributed by atoms with Crippen molar-refractivity contribution in [3.63, 3.8) is 0 Å². The van der Waals surface area contributed by atoms with Gasteiger partial charge in [-0.3, -0.25) is 4.48 Å². The van der Waals surface area contributed by atoms with Crippen LogP contribution in [0.1, 0.15) is 0 Å². The Kier molecular flexibility index (Phi) is 8.61. The Hall–Kier alpha value is -0.371. The first-order valence-electron chi connectivity index (χ1n) is 3.50. The zero-order chi connectivity index (χ0) is 8.74. The summed E-state index contributed by atoms with van der Waals surface area (Å²) < 4.78 is 0.389. The molecular weight excluding hydrogens is 193 g/mol. The molecular formula is C9H15MnNO+. The molecule has 0 saturated carbocycles. The third-order valence-corrected chi connectivity index (χ3v) is 0.872. The van der Waals surface area contributed by atoms with E-state index in [9.17, 15) is 4.79 Å². The first-order valence-corrected chi connectivity index (χ1v) is 3.50. The molecule has 0 N–H and O–H groups in total. The summed E-state index contributed by atoms with van der Waals surface area (Å²) in [6.45, 7) is 0. The van der Waals surface area contributed by atoms with Gasteiger partial charge in [0.2, 0.25) is 0 Å². The van der Waals surface area contributed by atoms with Gasteiger partial charge in [0.05, 0.1) is 21.1 Å². The van der Waals surface area contributed by atoms with E-state index in [0.717, 1.165) is 6.41 Å². The molecule has 0 saturated heterocycles. The van der Waals surface area contributed by atoms with Crippen molar-refractivity contribution in [3.8, 4) is 0 Å². The fraction of sp³-hybridized carbons (Fsp3) is 0.333. The van der Waals surface area contributed by atoms with Crippen molar-refractivity contribution in [2.24, 2.45) is 0 Å². The van der Waals surface area contributed by atoms with Crippen LogP contribution in [-0.2, 0) is 21.9 Å². The van der Waals surface area contributed by atoms with Gasteiger partial charge in [-0.15, -0.1) is 0 Å². The summed E-state index contributed by atoms with van der Waals surface area (Å²) in [5, 5.41) is 0. The zero-order valence-corrected chi connectivity index (χ0v) is 8.88. The third kappa shape index (κ3) is 12.3. The predicted molar refractivity (Wildman–Crippen MR) is 46.7 cm³/mol. The van der Waals surface area contributed by atoms with Crippen LogP contribution in [0.5, 0.6) is 0 Å². The SMILES string of the molecule is C[N+](C)(C)C=O.[CH]1C=CC=C1.[Mn]. The van der Waals surface area contributed by atoms with Gasteiger partial charge >= 0.3 is 6.41 Å². The number of allylic oxidation sites excluding steroid dienone is 4. The van der Waals surface area contributed by atoms with Gasteiger partial charge in [-0.2, -0.15) is 0 Å². The van der Waals surface area contributed by atoms with Gasteiger partial charge < -0.3 is 0 Å². The van der Waals surface area contributed by atoms with Gasteiger partial charge in [0.15, 0.2) is 0 Å². The molecule has 0 bridgehead atoms. The molecule has 68 valence electrons. The summed E-state index contributed by atoms with van der Waals surface area (Å²) in [7, 11) is 5.44. The Morgan fingerprint density at radius 3 is 1.42 bits per heavy atom. The summed E-state index contributed by atoms with van der Waals surface area (Å²) in [4.78, 5) is 9.80. The number of hydrogen-bond acceptors (Lipinski definition) is 1. The standard InChI is InChI=1S/C5H5.C4H10NO.Mn/c1-2-4-5-3-1;1-5(2,3)4-6;/h1-5H;4H,1-3H3;/q;+1;. The number of carbonyl (C=O) groups excluding carboxylic acids is 1. The Balaban J connectivity index is 0. The van der Waals surface area contributed by atoms with Crippen molar-refractivity contribution in [1.29, 1.82) is 0 Å². The first-order chi connectivity index (χ1) is 5.06. The van der Waals surface area contributed by atoms with Gasteiger partial charge in [0, 0.05) is 23.5 Å². The molecule has 2 nitrogen and oxygen atoms in total. The van der Waals surface area contributed by atoms with Gasteiger partial charge in [0.25, 0.3) is 0 Å². The molecule has 12 heavy (non-hydrogen) atoms. The van der Waals surface area contributed by atoms with Crippen LogP contribution in [0.2, 0.25) is 0 Å². The van der Waals surface area contributed by atoms with Crippen molar-refractivity contribution >= 4 is 6.41 Å². The quantitative estimate of drug-likeness (QED) is 0.359. The van der Waals surface area contributed by atoms with Crippen molar-refractivity contribution in [2.75, 3.05) is 21.1 Å². The summed E-state index contributed by atoms with van der Waals surface area (Å²) >= 11 is 0. The molecule has 0 aromatic rings. The second kappa shape index (κ2) is 7.29. The summed E-state index contributed by atoms with van der Waals surface area (Å²) in [6, 6.07) is 0. The molecule has 0 fully saturated rings. The molecule has 1 amide bonds. The largest absolute Gasteiger partial charge is 0.300 e. The maximum absolute atomic E-state index is 9.80. The van der Waals surface area contributed by atoms with Crippen LogP contribution in [0.4, 0.5) is 0 Å². The molecule has 1 aliphatic rings. The number of rotatable bonds is 1. The Morgan fingerprint density at radius 1 is 1.00 bits per heavy atom. The van der Waals surface area contributed by atoms with E-state index >= 15 is 0 Å². The average molecular weight is 208 g/mol. The number of hydrogen-bond donors (Lipinski definition) is 0. The predicted octanol–water partition coefficient (Wildman–Crippen LogP) is 1.16. The van der Waals surface area contributed by atoms with Crippen molar-refractivity contribution in [1.82, 2.24) is 0 Å². The summed E-state index contributed by atoms with van der Waals surface area (Å²) in [5.41, 5.74) is 0. The van der Waals surface area contributed by atoms with E-state index in [1.54, 1.807) is 0 Å². The van der Waals surface area contributed by atoms with E-state index in [1.807, 2.05) is 51.9 Å². The van der Waals surface area contributed by atoms with Crippen LogP contribution in [0, 0.1) is 6.42 Å². The van der Waals surface area contributed by atoms with Crippen molar-refractivity contribution in [2.45, 2.75) is 0 Å². The van der Waals surface area contributed by atoms with E-state index in [0.29, 0.717) is 4.48 Å². The summed E-state index contributed by atoms with van der Waals surface area (Å²) in [5.74, 6) is 0. The second-order valence-electron chi connectivity index (χ2n) is 3.18. The smallest absolute Gasteiger partial charge is 0.270 e. The molecule has 3 heteroatoms. The maximum atomic E-state index is 9.80. The van der Waals surface area contributed by atoms with E-state index < -0.39 is 0 Å². The molecule has 0 unspecified atom stereocenters. The normalized spacial score (nSPS) is 12.9. The zero-order valence-electron chi connectivity index (χ0n) is 7.70. The van der Waals surface area contributed by atoms with Crippen LogP contribution in [-0.4, -0.2) is 32.0 Å². The minimum absolute atomic E-state index is 0. The van der Waals surface area contributed by atoms with Crippen LogP contribution in [0.15, 0.2) is 24.3 Å². The maximum Gasteiger partial charge on any atom is 0.300 e. The fourth-order valence-corrected chi connectivity index (χ4v) is 0.321. The molecule has 0 aromatic carbocycles. The first kappa shape index (κ1) is 14.2. The number of carbonyl (C=O) groups is 1. The van der Waals surface area contributed by atoms with Crippen molar-refractivity contribution < 1.29 is 26.3 Å². The number of quaternary nitrogens is 1. The number of nitrogens with zero attached hydrogens (tertiary/aromatic N) is 1. The number of amides is 1. The van der Waals surface area contributed by atoms with Crippen LogP contribution < -0.4 is 0 Å². The van der Waals surface area contributed by atoms with Gasteiger partial charge in [-0.25, -0.2) is 4.79 Å². The van der Waals surface area contributed by atoms with Gasteiger partial charge in [0.1, 0.15) is 0 Å². The molecule has 1 rings (SSSR count). The minimum Gasteiger partial charge on any atom is -0.270 e. The molecule has 0 atom stereocenters. The Bertz CT molecular complexity index is 158. The van der Waals surface area contributed by atoms with E-state index in [-0.39, 0.29) is 17.1 Å².